The number of carbonyl (C=O) groups is 1. The highest BCUT2D eigenvalue weighted by molar-refractivity contribution is 6.06. The van der Waals surface area contributed by atoms with Gasteiger partial charge in [0, 0.05) is 17.3 Å². The summed E-state index contributed by atoms with van der Waals surface area (Å²) in [7, 11) is 1.62. The molecule has 1 unspecified atom stereocenters. The summed E-state index contributed by atoms with van der Waals surface area (Å²) in [5.41, 5.74) is 3.51. The van der Waals surface area contributed by atoms with Gasteiger partial charge in [0.1, 0.15) is 5.75 Å². The second-order valence-electron chi connectivity index (χ2n) is 7.86. The van der Waals surface area contributed by atoms with Gasteiger partial charge >= 0.3 is 0 Å². The zero-order valence-electron chi connectivity index (χ0n) is 16.1. The minimum Gasteiger partial charge on any atom is -0.496 e. The number of ether oxygens (including phenoxy) is 1. The Morgan fingerprint density at radius 1 is 1.19 bits per heavy atom. The van der Waals surface area contributed by atoms with Crippen molar-refractivity contribution in [2.45, 2.75) is 45.1 Å². The van der Waals surface area contributed by atoms with Gasteiger partial charge in [0.05, 0.1) is 12.7 Å². The van der Waals surface area contributed by atoms with Crippen LogP contribution in [0.25, 0.3) is 0 Å². The minimum atomic E-state index is -0.149. The number of carbonyl (C=O) groups excluding carboxylic acids is 1. The molecule has 2 aromatic rings. The van der Waals surface area contributed by atoms with E-state index in [0.29, 0.717) is 17.4 Å². The fourth-order valence-corrected chi connectivity index (χ4v) is 3.53. The SMILES string of the molecule is COc1c(C(=O)Nc2cccc(C3CCCN3)c2)cccc1C(C)(C)C. The van der Waals surface area contributed by atoms with Crippen LogP contribution in [-0.4, -0.2) is 19.6 Å². The van der Waals surface area contributed by atoms with E-state index in [0.717, 1.165) is 24.2 Å². The minimum absolute atomic E-state index is 0.101. The molecule has 0 aliphatic carbocycles. The van der Waals surface area contributed by atoms with Crippen LogP contribution in [0, 0.1) is 0 Å². The summed E-state index contributed by atoms with van der Waals surface area (Å²) in [6.07, 6.45) is 2.33. The summed E-state index contributed by atoms with van der Waals surface area (Å²) in [6.45, 7) is 7.40. The van der Waals surface area contributed by atoms with Crippen LogP contribution in [0.3, 0.4) is 0 Å². The van der Waals surface area contributed by atoms with Crippen molar-refractivity contribution in [1.29, 1.82) is 0 Å². The first-order chi connectivity index (χ1) is 12.4. The van der Waals surface area contributed by atoms with Crippen LogP contribution in [0.1, 0.15) is 61.1 Å². The lowest BCUT2D eigenvalue weighted by atomic mass is 9.85. The maximum absolute atomic E-state index is 12.9. The maximum Gasteiger partial charge on any atom is 0.259 e. The average molecular weight is 352 g/mol. The molecule has 2 aromatic carbocycles. The third-order valence-electron chi connectivity index (χ3n) is 4.88. The van der Waals surface area contributed by atoms with E-state index in [9.17, 15) is 4.79 Å². The molecule has 4 heteroatoms. The van der Waals surface area contributed by atoms with Crippen LogP contribution >= 0.6 is 0 Å². The van der Waals surface area contributed by atoms with Crippen molar-refractivity contribution in [1.82, 2.24) is 5.32 Å². The Morgan fingerprint density at radius 2 is 1.96 bits per heavy atom. The number of benzene rings is 2. The first kappa shape index (κ1) is 18.5. The molecule has 1 atom stereocenters. The second-order valence-corrected chi connectivity index (χ2v) is 7.86. The van der Waals surface area contributed by atoms with Crippen molar-refractivity contribution in [2.75, 3.05) is 19.0 Å². The van der Waals surface area contributed by atoms with Gasteiger partial charge in [-0.3, -0.25) is 4.79 Å². The Bertz CT molecular complexity index is 787. The standard InChI is InChI=1S/C22H28N2O2/c1-22(2,3)18-11-6-10-17(20(18)26-4)21(25)24-16-9-5-8-15(14-16)19-12-7-13-23-19/h5-6,8-11,14,19,23H,7,12-13H2,1-4H3,(H,24,25). The van der Waals surface area contributed by atoms with Gasteiger partial charge in [-0.15, -0.1) is 0 Å². The fraction of sp³-hybridized carbons (Fsp3) is 0.409. The molecular formula is C22H28N2O2. The summed E-state index contributed by atoms with van der Waals surface area (Å²) in [5.74, 6) is 0.496. The maximum atomic E-state index is 12.9. The highest BCUT2D eigenvalue weighted by Gasteiger charge is 2.24. The predicted molar refractivity (Wildman–Crippen MR) is 106 cm³/mol. The molecule has 1 amide bonds. The molecule has 0 bridgehead atoms. The van der Waals surface area contributed by atoms with E-state index in [2.05, 4.69) is 43.5 Å². The first-order valence-electron chi connectivity index (χ1n) is 9.22. The quantitative estimate of drug-likeness (QED) is 0.841. The molecule has 1 fully saturated rings. The van der Waals surface area contributed by atoms with E-state index in [-0.39, 0.29) is 11.3 Å². The molecule has 138 valence electrons. The van der Waals surface area contributed by atoms with Crippen molar-refractivity contribution in [3.05, 3.63) is 59.2 Å². The smallest absolute Gasteiger partial charge is 0.259 e. The molecule has 0 saturated carbocycles. The molecule has 0 aromatic heterocycles. The summed E-state index contributed by atoms with van der Waals surface area (Å²) < 4.78 is 5.60. The predicted octanol–water partition coefficient (Wildman–Crippen LogP) is 4.67. The zero-order valence-corrected chi connectivity index (χ0v) is 16.1. The second kappa shape index (κ2) is 7.50. The lowest BCUT2D eigenvalue weighted by molar-refractivity contribution is 0.102. The third kappa shape index (κ3) is 3.91. The van der Waals surface area contributed by atoms with Gasteiger partial charge in [0.2, 0.25) is 0 Å². The Labute approximate surface area is 156 Å². The molecule has 4 nitrogen and oxygen atoms in total. The van der Waals surface area contributed by atoms with Crippen molar-refractivity contribution in [2.24, 2.45) is 0 Å². The zero-order chi connectivity index (χ0) is 18.7. The molecule has 2 N–H and O–H groups in total. The average Bonchev–Trinajstić information content (AvgIpc) is 3.15. The van der Waals surface area contributed by atoms with Crippen LogP contribution in [0.5, 0.6) is 5.75 Å². The van der Waals surface area contributed by atoms with E-state index < -0.39 is 0 Å². The van der Waals surface area contributed by atoms with Gasteiger partial charge in [-0.25, -0.2) is 0 Å². The van der Waals surface area contributed by atoms with Gasteiger partial charge in [-0.2, -0.15) is 0 Å². The van der Waals surface area contributed by atoms with Crippen molar-refractivity contribution in [3.8, 4) is 5.75 Å². The summed E-state index contributed by atoms with van der Waals surface area (Å²) >= 11 is 0. The van der Waals surface area contributed by atoms with Gasteiger partial charge < -0.3 is 15.4 Å². The number of rotatable bonds is 4. The molecule has 1 aliphatic rings. The number of amides is 1. The molecule has 1 heterocycles. The summed E-state index contributed by atoms with van der Waals surface area (Å²) in [6, 6.07) is 14.2. The fourth-order valence-electron chi connectivity index (χ4n) is 3.53. The van der Waals surface area contributed by atoms with Gasteiger partial charge in [0.15, 0.2) is 0 Å². The van der Waals surface area contributed by atoms with E-state index in [4.69, 9.17) is 4.74 Å². The number of anilines is 1. The molecular weight excluding hydrogens is 324 g/mol. The highest BCUT2D eigenvalue weighted by Crippen LogP contribution is 2.34. The Morgan fingerprint density at radius 3 is 2.62 bits per heavy atom. The normalized spacial score (nSPS) is 17.2. The van der Waals surface area contributed by atoms with Gasteiger partial charge in [-0.1, -0.05) is 45.0 Å². The van der Waals surface area contributed by atoms with Crippen LogP contribution in [0.2, 0.25) is 0 Å². The van der Waals surface area contributed by atoms with E-state index >= 15 is 0 Å². The number of nitrogens with one attached hydrogen (secondary N) is 2. The molecule has 0 spiro atoms. The monoisotopic (exact) mass is 352 g/mol. The molecule has 1 aliphatic heterocycles. The number of hydrogen-bond acceptors (Lipinski definition) is 3. The van der Waals surface area contributed by atoms with Crippen LogP contribution < -0.4 is 15.4 Å². The van der Waals surface area contributed by atoms with Gasteiger partial charge in [-0.05, 0) is 48.6 Å². The summed E-state index contributed by atoms with van der Waals surface area (Å²) in [5, 5.41) is 6.52. The number of para-hydroxylation sites is 1. The van der Waals surface area contributed by atoms with Crippen molar-refractivity contribution < 1.29 is 9.53 Å². The first-order valence-corrected chi connectivity index (χ1v) is 9.22. The van der Waals surface area contributed by atoms with Crippen LogP contribution in [0.4, 0.5) is 5.69 Å². The number of hydrogen-bond donors (Lipinski definition) is 2. The molecule has 0 radical (unpaired) electrons. The number of methoxy groups -OCH3 is 1. The van der Waals surface area contributed by atoms with Crippen LogP contribution in [0.15, 0.2) is 42.5 Å². The Balaban J connectivity index is 1.86. The Hall–Kier alpha value is -2.33. The van der Waals surface area contributed by atoms with Crippen LogP contribution in [-0.2, 0) is 5.41 Å². The summed E-state index contributed by atoms with van der Waals surface area (Å²) in [4.78, 5) is 12.9. The molecule has 1 saturated heterocycles. The largest absolute Gasteiger partial charge is 0.496 e. The van der Waals surface area contributed by atoms with Gasteiger partial charge in [0.25, 0.3) is 5.91 Å². The van der Waals surface area contributed by atoms with E-state index in [1.165, 1.54) is 12.0 Å². The molecule has 3 rings (SSSR count). The molecule has 26 heavy (non-hydrogen) atoms. The topological polar surface area (TPSA) is 50.4 Å². The van der Waals surface area contributed by atoms with Crippen molar-refractivity contribution in [3.63, 3.8) is 0 Å². The highest BCUT2D eigenvalue weighted by atomic mass is 16.5. The third-order valence-corrected chi connectivity index (χ3v) is 4.88. The van der Waals surface area contributed by atoms with E-state index in [1.807, 2.05) is 30.3 Å². The lowest BCUT2D eigenvalue weighted by Crippen LogP contribution is -2.18. The van der Waals surface area contributed by atoms with Crippen molar-refractivity contribution >= 4 is 11.6 Å². The van der Waals surface area contributed by atoms with E-state index in [1.54, 1.807) is 7.11 Å². The Kier molecular flexibility index (Phi) is 5.33. The lowest BCUT2D eigenvalue weighted by Gasteiger charge is -2.23.